The average molecular weight is 306 g/mol. The Hall–Kier alpha value is -1.43. The highest BCUT2D eigenvalue weighted by Crippen LogP contribution is 2.28. The van der Waals surface area contributed by atoms with Crippen molar-refractivity contribution in [2.75, 3.05) is 18.4 Å². The number of aliphatic hydroxyl groups is 1. The van der Waals surface area contributed by atoms with Crippen molar-refractivity contribution in [2.24, 2.45) is 0 Å². The summed E-state index contributed by atoms with van der Waals surface area (Å²) in [5, 5.41) is 25.3. The van der Waals surface area contributed by atoms with E-state index in [4.69, 9.17) is 0 Å². The van der Waals surface area contributed by atoms with Gasteiger partial charge in [-0.05, 0) is 31.7 Å². The highest BCUT2D eigenvalue weighted by molar-refractivity contribution is 5.95. The molecule has 2 atom stereocenters. The molecule has 1 aliphatic rings. The predicted octanol–water partition coefficient (Wildman–Crippen LogP) is 2.70. The minimum absolute atomic E-state index is 0.131. The average Bonchev–Trinajstić information content (AvgIpc) is 2.49. The quantitative estimate of drug-likeness (QED) is 0.649. The number of carbonyl (C=O) groups excluding carboxylic acids is 1. The van der Waals surface area contributed by atoms with Crippen molar-refractivity contribution in [3.8, 4) is 0 Å². The number of para-hydroxylation sites is 1. The summed E-state index contributed by atoms with van der Waals surface area (Å²) in [5.74, 6) is -0.216. The molecule has 2 N–H and O–H groups in total. The van der Waals surface area contributed by atoms with Crippen LogP contribution in [0.2, 0.25) is 0 Å². The number of quaternary nitrogens is 1. The first-order valence-corrected chi connectivity index (χ1v) is 8.10. The van der Waals surface area contributed by atoms with Gasteiger partial charge in [-0.1, -0.05) is 25.1 Å². The number of rotatable bonds is 5. The molecule has 1 heterocycles. The molecule has 2 rings (SSSR count). The molecule has 2 unspecified atom stereocenters. The van der Waals surface area contributed by atoms with Gasteiger partial charge < -0.3 is 20.3 Å². The summed E-state index contributed by atoms with van der Waals surface area (Å²) in [7, 11) is 0. The number of likely N-dealkylation sites (tertiary alicyclic amines) is 1. The predicted molar refractivity (Wildman–Crippen MR) is 87.0 cm³/mol. The minimum Gasteiger partial charge on any atom is -0.632 e. The van der Waals surface area contributed by atoms with Crippen molar-refractivity contribution in [1.82, 2.24) is 0 Å². The van der Waals surface area contributed by atoms with Crippen LogP contribution in [0.15, 0.2) is 18.2 Å². The number of piperidine rings is 1. The van der Waals surface area contributed by atoms with Crippen LogP contribution in [0.1, 0.15) is 43.7 Å². The minimum atomic E-state index is -0.542. The van der Waals surface area contributed by atoms with E-state index in [9.17, 15) is 15.1 Å². The molecule has 1 aromatic rings. The smallest absolute Gasteiger partial charge is 0.283 e. The number of hydrogen-bond donors (Lipinski definition) is 2. The van der Waals surface area contributed by atoms with Gasteiger partial charge in [-0.15, -0.1) is 0 Å². The monoisotopic (exact) mass is 306 g/mol. The second-order valence-electron chi connectivity index (χ2n) is 6.17. The standard InChI is InChI=1S/C17H26N2O3/c1-3-10-19(22)11-5-4-9-15(19)17(21)18-16-13(2)7-6-8-14(16)12-20/h6-8,15,20H,3-5,9-12H2,1-2H3,(H,18,21). The molecule has 1 amide bonds. The van der Waals surface area contributed by atoms with Gasteiger partial charge in [0, 0.05) is 17.7 Å². The molecule has 0 aromatic heterocycles. The number of hydroxylamine groups is 3. The van der Waals surface area contributed by atoms with Crippen molar-refractivity contribution in [3.05, 3.63) is 34.5 Å². The number of hydrogen-bond acceptors (Lipinski definition) is 3. The molecule has 0 radical (unpaired) electrons. The van der Waals surface area contributed by atoms with Crippen molar-refractivity contribution < 1.29 is 14.5 Å². The van der Waals surface area contributed by atoms with Crippen molar-refractivity contribution in [1.29, 1.82) is 0 Å². The number of benzene rings is 1. The Morgan fingerprint density at radius 1 is 1.45 bits per heavy atom. The number of aryl methyl sites for hydroxylation is 1. The maximum Gasteiger partial charge on any atom is 0.283 e. The van der Waals surface area contributed by atoms with Gasteiger partial charge >= 0.3 is 0 Å². The molecule has 5 nitrogen and oxygen atoms in total. The van der Waals surface area contributed by atoms with Crippen LogP contribution in [0.5, 0.6) is 0 Å². The van der Waals surface area contributed by atoms with E-state index < -0.39 is 10.7 Å². The van der Waals surface area contributed by atoms with Crippen LogP contribution in [0, 0.1) is 12.1 Å². The summed E-state index contributed by atoms with van der Waals surface area (Å²) in [4.78, 5) is 12.7. The van der Waals surface area contributed by atoms with Crippen LogP contribution in [-0.2, 0) is 11.4 Å². The van der Waals surface area contributed by atoms with Crippen molar-refractivity contribution >= 4 is 11.6 Å². The van der Waals surface area contributed by atoms with E-state index in [1.165, 1.54) is 0 Å². The zero-order valence-electron chi connectivity index (χ0n) is 13.5. The van der Waals surface area contributed by atoms with Gasteiger partial charge in [0.1, 0.15) is 0 Å². The summed E-state index contributed by atoms with van der Waals surface area (Å²) < 4.78 is -0.414. The Morgan fingerprint density at radius 3 is 2.91 bits per heavy atom. The first-order chi connectivity index (χ1) is 10.5. The summed E-state index contributed by atoms with van der Waals surface area (Å²) in [6.07, 6.45) is 3.22. The second-order valence-corrected chi connectivity index (χ2v) is 6.17. The fourth-order valence-corrected chi connectivity index (χ4v) is 3.34. The number of amides is 1. The van der Waals surface area contributed by atoms with Gasteiger partial charge in [-0.2, -0.15) is 0 Å². The molecule has 122 valence electrons. The lowest BCUT2D eigenvalue weighted by atomic mass is 9.99. The Balaban J connectivity index is 2.21. The van der Waals surface area contributed by atoms with Gasteiger partial charge in [0.15, 0.2) is 6.04 Å². The summed E-state index contributed by atoms with van der Waals surface area (Å²) >= 11 is 0. The number of nitrogens with one attached hydrogen (secondary N) is 1. The topological polar surface area (TPSA) is 72.4 Å². The molecule has 0 saturated carbocycles. The van der Waals surface area contributed by atoms with Gasteiger partial charge in [-0.3, -0.25) is 4.79 Å². The van der Waals surface area contributed by atoms with Gasteiger partial charge in [0.05, 0.1) is 19.7 Å². The van der Waals surface area contributed by atoms with E-state index in [1.54, 1.807) is 6.07 Å². The third kappa shape index (κ3) is 3.48. The number of nitrogens with zero attached hydrogens (tertiary/aromatic N) is 1. The normalized spacial score (nSPS) is 25.0. The zero-order chi connectivity index (χ0) is 16.2. The third-order valence-corrected chi connectivity index (χ3v) is 4.51. The van der Waals surface area contributed by atoms with Crippen LogP contribution in [0.3, 0.4) is 0 Å². The van der Waals surface area contributed by atoms with E-state index in [0.717, 1.165) is 24.8 Å². The van der Waals surface area contributed by atoms with Gasteiger partial charge in [0.25, 0.3) is 5.91 Å². The van der Waals surface area contributed by atoms with E-state index in [2.05, 4.69) is 5.32 Å². The van der Waals surface area contributed by atoms with Crippen LogP contribution in [-0.4, -0.2) is 34.8 Å². The number of aliphatic hydroxyl groups excluding tert-OH is 1. The lowest BCUT2D eigenvalue weighted by Gasteiger charge is -2.50. The Labute approximate surface area is 132 Å². The molecular weight excluding hydrogens is 280 g/mol. The lowest BCUT2D eigenvalue weighted by Crippen LogP contribution is -2.58. The van der Waals surface area contributed by atoms with E-state index in [-0.39, 0.29) is 12.5 Å². The molecule has 1 fully saturated rings. The Kier molecular flexibility index (Phi) is 5.56. The molecular formula is C17H26N2O3. The summed E-state index contributed by atoms with van der Waals surface area (Å²) in [5.41, 5.74) is 2.22. The Morgan fingerprint density at radius 2 is 2.23 bits per heavy atom. The van der Waals surface area contributed by atoms with E-state index in [0.29, 0.717) is 30.8 Å². The maximum absolute atomic E-state index is 13.0. The SMILES string of the molecule is CCC[N+]1([O-])CCCCC1C(=O)Nc1c(C)cccc1CO. The molecule has 22 heavy (non-hydrogen) atoms. The highest BCUT2D eigenvalue weighted by Gasteiger charge is 2.37. The summed E-state index contributed by atoms with van der Waals surface area (Å²) in [6, 6.07) is 4.98. The van der Waals surface area contributed by atoms with Crippen molar-refractivity contribution in [3.63, 3.8) is 0 Å². The van der Waals surface area contributed by atoms with Gasteiger partial charge in [-0.25, -0.2) is 0 Å². The second kappa shape index (κ2) is 7.22. The van der Waals surface area contributed by atoms with Gasteiger partial charge in [0.2, 0.25) is 0 Å². The van der Waals surface area contributed by atoms with E-state index in [1.807, 2.05) is 26.0 Å². The first-order valence-electron chi connectivity index (χ1n) is 8.10. The first kappa shape index (κ1) is 16.9. The van der Waals surface area contributed by atoms with Crippen LogP contribution in [0.4, 0.5) is 5.69 Å². The molecule has 0 spiro atoms. The van der Waals surface area contributed by atoms with Crippen LogP contribution < -0.4 is 5.32 Å². The third-order valence-electron chi connectivity index (χ3n) is 4.51. The molecule has 1 aromatic carbocycles. The largest absolute Gasteiger partial charge is 0.632 e. The molecule has 0 aliphatic carbocycles. The van der Waals surface area contributed by atoms with Crippen LogP contribution in [0.25, 0.3) is 0 Å². The molecule has 0 bridgehead atoms. The zero-order valence-corrected chi connectivity index (χ0v) is 13.5. The fourth-order valence-electron chi connectivity index (χ4n) is 3.34. The molecule has 1 aliphatic heterocycles. The molecule has 1 saturated heterocycles. The van der Waals surface area contributed by atoms with E-state index >= 15 is 0 Å². The summed E-state index contributed by atoms with van der Waals surface area (Å²) in [6.45, 7) is 4.74. The molecule has 5 heteroatoms. The number of anilines is 1. The van der Waals surface area contributed by atoms with Crippen LogP contribution >= 0.6 is 0 Å². The van der Waals surface area contributed by atoms with Crippen molar-refractivity contribution in [2.45, 2.75) is 52.2 Å². The fraction of sp³-hybridized carbons (Fsp3) is 0.588. The number of carbonyl (C=O) groups is 1. The maximum atomic E-state index is 13.0. The highest BCUT2D eigenvalue weighted by atomic mass is 16.5. The Bertz CT molecular complexity index is 529. The lowest BCUT2D eigenvalue weighted by molar-refractivity contribution is -0.901.